The SMILES string of the molecule is O=C(CCCCl)N1CC2CCC(C1)O2. The Labute approximate surface area is 89.4 Å². The number of hydrogen-bond acceptors (Lipinski definition) is 2. The van der Waals surface area contributed by atoms with E-state index in [1.807, 2.05) is 4.90 Å². The van der Waals surface area contributed by atoms with Crippen molar-refractivity contribution < 1.29 is 9.53 Å². The summed E-state index contributed by atoms with van der Waals surface area (Å²) < 4.78 is 5.66. The molecule has 2 bridgehead atoms. The molecule has 2 rings (SSSR count). The van der Waals surface area contributed by atoms with Crippen LogP contribution in [0.3, 0.4) is 0 Å². The molecular weight excluding hydrogens is 202 g/mol. The van der Waals surface area contributed by atoms with E-state index in [1.165, 1.54) is 0 Å². The zero-order chi connectivity index (χ0) is 9.97. The summed E-state index contributed by atoms with van der Waals surface area (Å²) in [6.07, 6.45) is 4.20. The maximum Gasteiger partial charge on any atom is 0.222 e. The van der Waals surface area contributed by atoms with Crippen molar-refractivity contribution in [2.75, 3.05) is 19.0 Å². The first-order chi connectivity index (χ1) is 6.79. The minimum atomic E-state index is 0.242. The van der Waals surface area contributed by atoms with E-state index in [-0.39, 0.29) is 5.91 Å². The Hall–Kier alpha value is -0.280. The van der Waals surface area contributed by atoms with Gasteiger partial charge in [0.1, 0.15) is 0 Å². The largest absolute Gasteiger partial charge is 0.371 e. The average molecular weight is 218 g/mol. The molecule has 3 nitrogen and oxygen atoms in total. The molecule has 0 aromatic rings. The van der Waals surface area contributed by atoms with Crippen LogP contribution in [-0.2, 0) is 9.53 Å². The second kappa shape index (κ2) is 4.49. The maximum absolute atomic E-state index is 11.7. The van der Waals surface area contributed by atoms with Gasteiger partial charge in [0.15, 0.2) is 0 Å². The van der Waals surface area contributed by atoms with E-state index in [0.717, 1.165) is 32.4 Å². The van der Waals surface area contributed by atoms with Crippen molar-refractivity contribution in [3.05, 3.63) is 0 Å². The van der Waals surface area contributed by atoms with Crippen molar-refractivity contribution in [3.8, 4) is 0 Å². The fourth-order valence-corrected chi connectivity index (χ4v) is 2.33. The van der Waals surface area contributed by atoms with E-state index < -0.39 is 0 Å². The zero-order valence-electron chi connectivity index (χ0n) is 8.25. The van der Waals surface area contributed by atoms with Crippen LogP contribution in [0.5, 0.6) is 0 Å². The lowest BCUT2D eigenvalue weighted by Gasteiger charge is -2.32. The monoisotopic (exact) mass is 217 g/mol. The van der Waals surface area contributed by atoms with Gasteiger partial charge >= 0.3 is 0 Å². The smallest absolute Gasteiger partial charge is 0.222 e. The van der Waals surface area contributed by atoms with Gasteiger partial charge in [0.2, 0.25) is 5.91 Å². The van der Waals surface area contributed by atoms with E-state index in [1.54, 1.807) is 0 Å². The van der Waals surface area contributed by atoms with Gasteiger partial charge in [-0.05, 0) is 19.3 Å². The third-order valence-corrected chi connectivity index (χ3v) is 3.19. The van der Waals surface area contributed by atoms with Crippen LogP contribution in [0.4, 0.5) is 0 Å². The van der Waals surface area contributed by atoms with Crippen LogP contribution in [0.25, 0.3) is 0 Å². The predicted octanol–water partition coefficient (Wildman–Crippen LogP) is 1.40. The number of carbonyl (C=O) groups is 1. The van der Waals surface area contributed by atoms with Crippen LogP contribution >= 0.6 is 11.6 Å². The van der Waals surface area contributed by atoms with E-state index in [0.29, 0.717) is 24.5 Å². The molecule has 0 aliphatic carbocycles. The Balaban J connectivity index is 1.83. The Kier molecular flexibility index (Phi) is 3.29. The molecule has 1 amide bonds. The minimum Gasteiger partial charge on any atom is -0.371 e. The molecule has 0 aromatic heterocycles. The molecule has 2 aliphatic heterocycles. The van der Waals surface area contributed by atoms with Gasteiger partial charge in [-0.25, -0.2) is 0 Å². The summed E-state index contributed by atoms with van der Waals surface area (Å²) >= 11 is 5.56. The number of carbonyl (C=O) groups excluding carboxylic acids is 1. The van der Waals surface area contributed by atoms with Gasteiger partial charge in [0.25, 0.3) is 0 Å². The summed E-state index contributed by atoms with van der Waals surface area (Å²) in [6.45, 7) is 1.58. The molecule has 2 unspecified atom stereocenters. The molecule has 4 heteroatoms. The molecule has 0 aromatic carbocycles. The molecule has 2 heterocycles. The molecule has 0 saturated carbocycles. The van der Waals surface area contributed by atoms with Crippen molar-refractivity contribution in [2.45, 2.75) is 37.9 Å². The molecular formula is C10H16ClNO2. The minimum absolute atomic E-state index is 0.242. The Morgan fingerprint density at radius 2 is 2.00 bits per heavy atom. The van der Waals surface area contributed by atoms with Crippen molar-refractivity contribution in [1.82, 2.24) is 4.90 Å². The van der Waals surface area contributed by atoms with Crippen molar-refractivity contribution in [1.29, 1.82) is 0 Å². The van der Waals surface area contributed by atoms with Crippen LogP contribution in [0.15, 0.2) is 0 Å². The lowest BCUT2D eigenvalue weighted by Crippen LogP contribution is -2.45. The average Bonchev–Trinajstić information content (AvgIpc) is 2.54. The normalized spacial score (nSPS) is 30.8. The number of amides is 1. The fourth-order valence-electron chi connectivity index (χ4n) is 2.19. The molecule has 0 spiro atoms. The highest BCUT2D eigenvalue weighted by atomic mass is 35.5. The topological polar surface area (TPSA) is 29.5 Å². The molecule has 0 N–H and O–H groups in total. The second-order valence-electron chi connectivity index (χ2n) is 4.05. The highest BCUT2D eigenvalue weighted by Gasteiger charge is 2.35. The van der Waals surface area contributed by atoms with Gasteiger partial charge in [-0.3, -0.25) is 4.79 Å². The Morgan fingerprint density at radius 1 is 1.36 bits per heavy atom. The number of likely N-dealkylation sites (tertiary alicyclic amines) is 1. The number of morpholine rings is 1. The third kappa shape index (κ3) is 2.20. The van der Waals surface area contributed by atoms with Crippen molar-refractivity contribution in [2.24, 2.45) is 0 Å². The van der Waals surface area contributed by atoms with E-state index >= 15 is 0 Å². The lowest BCUT2D eigenvalue weighted by molar-refractivity contribution is -0.139. The van der Waals surface area contributed by atoms with Crippen LogP contribution < -0.4 is 0 Å². The van der Waals surface area contributed by atoms with Crippen molar-refractivity contribution in [3.63, 3.8) is 0 Å². The van der Waals surface area contributed by atoms with Crippen molar-refractivity contribution >= 4 is 17.5 Å². The molecule has 2 saturated heterocycles. The number of rotatable bonds is 3. The lowest BCUT2D eigenvalue weighted by atomic mass is 10.2. The molecule has 14 heavy (non-hydrogen) atoms. The van der Waals surface area contributed by atoms with Gasteiger partial charge in [-0.1, -0.05) is 0 Å². The van der Waals surface area contributed by atoms with E-state index in [4.69, 9.17) is 16.3 Å². The number of nitrogens with zero attached hydrogens (tertiary/aromatic N) is 1. The molecule has 80 valence electrons. The summed E-state index contributed by atoms with van der Waals surface area (Å²) in [4.78, 5) is 13.6. The highest BCUT2D eigenvalue weighted by Crippen LogP contribution is 2.26. The van der Waals surface area contributed by atoms with Gasteiger partial charge < -0.3 is 9.64 Å². The van der Waals surface area contributed by atoms with Crippen LogP contribution in [0.2, 0.25) is 0 Å². The summed E-state index contributed by atoms with van der Waals surface area (Å²) in [5, 5.41) is 0. The molecule has 2 fully saturated rings. The Morgan fingerprint density at radius 3 is 2.57 bits per heavy atom. The molecule has 2 atom stereocenters. The van der Waals surface area contributed by atoms with Crippen LogP contribution in [-0.4, -0.2) is 42.0 Å². The van der Waals surface area contributed by atoms with Crippen LogP contribution in [0.1, 0.15) is 25.7 Å². The highest BCUT2D eigenvalue weighted by molar-refractivity contribution is 6.17. The van der Waals surface area contributed by atoms with E-state index in [9.17, 15) is 4.79 Å². The number of hydrogen-bond donors (Lipinski definition) is 0. The Bertz CT molecular complexity index is 210. The first kappa shape index (κ1) is 10.2. The summed E-state index contributed by atoms with van der Waals surface area (Å²) in [7, 11) is 0. The summed E-state index contributed by atoms with van der Waals surface area (Å²) in [6, 6.07) is 0. The summed E-state index contributed by atoms with van der Waals surface area (Å²) in [5.74, 6) is 0.814. The number of alkyl halides is 1. The number of halogens is 1. The van der Waals surface area contributed by atoms with Gasteiger partial charge in [0, 0.05) is 25.4 Å². The number of fused-ring (bicyclic) bond motifs is 2. The maximum atomic E-state index is 11.7. The first-order valence-electron chi connectivity index (χ1n) is 5.29. The second-order valence-corrected chi connectivity index (χ2v) is 4.43. The van der Waals surface area contributed by atoms with Crippen LogP contribution in [0, 0.1) is 0 Å². The molecule has 2 aliphatic rings. The van der Waals surface area contributed by atoms with Gasteiger partial charge in [-0.15, -0.1) is 11.6 Å². The standard InChI is InChI=1S/C10H16ClNO2/c11-5-1-2-10(13)12-6-8-3-4-9(7-12)14-8/h8-9H,1-7H2. The zero-order valence-corrected chi connectivity index (χ0v) is 9.00. The summed E-state index contributed by atoms with van der Waals surface area (Å²) in [5.41, 5.74) is 0. The van der Waals surface area contributed by atoms with E-state index in [2.05, 4.69) is 0 Å². The molecule has 0 radical (unpaired) electrons. The number of ether oxygens (including phenoxy) is 1. The third-order valence-electron chi connectivity index (χ3n) is 2.92. The van der Waals surface area contributed by atoms with Gasteiger partial charge in [-0.2, -0.15) is 0 Å². The van der Waals surface area contributed by atoms with Gasteiger partial charge in [0.05, 0.1) is 12.2 Å². The quantitative estimate of drug-likeness (QED) is 0.669. The first-order valence-corrected chi connectivity index (χ1v) is 5.82. The fraction of sp³-hybridized carbons (Fsp3) is 0.900. The predicted molar refractivity (Wildman–Crippen MR) is 54.4 cm³/mol.